The molecule has 0 spiro atoms. The SMILES string of the molecule is CCCC1(C(=O)Nc2ccc3c(c2)CCNCC3)CCCN1C(=O)Nc1ccc(Cl)cc1. The second-order valence-electron chi connectivity index (χ2n) is 8.66. The number of benzene rings is 2. The Kier molecular flexibility index (Phi) is 7.01. The van der Waals surface area contributed by atoms with Gasteiger partial charge >= 0.3 is 6.03 Å². The van der Waals surface area contributed by atoms with Gasteiger partial charge in [0.1, 0.15) is 5.54 Å². The van der Waals surface area contributed by atoms with Crippen LogP contribution >= 0.6 is 11.6 Å². The standard InChI is InChI=1S/C25H31ClN4O2/c1-2-12-25(13-3-16-30(25)24(32)29-21-8-5-20(26)6-9-21)23(31)28-22-7-4-18-10-14-27-15-11-19(18)17-22/h4-9,17,27H,2-3,10-16H2,1H3,(H,28,31)(H,29,32). The second kappa shape index (κ2) is 9.92. The minimum atomic E-state index is -0.848. The fourth-order valence-corrected chi connectivity index (χ4v) is 5.05. The summed E-state index contributed by atoms with van der Waals surface area (Å²) in [5.74, 6) is -0.102. The van der Waals surface area contributed by atoms with Gasteiger partial charge in [0, 0.05) is 22.9 Å². The molecule has 2 aromatic rings. The molecule has 1 saturated heterocycles. The van der Waals surface area contributed by atoms with Gasteiger partial charge in [0.15, 0.2) is 0 Å². The number of urea groups is 1. The van der Waals surface area contributed by atoms with Crippen molar-refractivity contribution in [2.24, 2.45) is 0 Å². The topological polar surface area (TPSA) is 73.5 Å². The number of fused-ring (bicyclic) bond motifs is 1. The van der Waals surface area contributed by atoms with E-state index in [1.807, 2.05) is 6.07 Å². The molecule has 2 heterocycles. The van der Waals surface area contributed by atoms with Gasteiger partial charge in [-0.25, -0.2) is 4.79 Å². The predicted octanol–water partition coefficient (Wildman–Crippen LogP) is 4.83. The summed E-state index contributed by atoms with van der Waals surface area (Å²) in [6.07, 6.45) is 4.86. The van der Waals surface area contributed by atoms with Crippen LogP contribution in [0.25, 0.3) is 0 Å². The van der Waals surface area contributed by atoms with Crippen LogP contribution in [-0.2, 0) is 17.6 Å². The van der Waals surface area contributed by atoms with E-state index in [1.165, 1.54) is 11.1 Å². The molecular weight excluding hydrogens is 424 g/mol. The van der Waals surface area contributed by atoms with Gasteiger partial charge in [0.2, 0.25) is 5.91 Å². The zero-order chi connectivity index (χ0) is 22.6. The molecule has 4 rings (SSSR count). The van der Waals surface area contributed by atoms with E-state index in [0.717, 1.165) is 44.5 Å². The van der Waals surface area contributed by atoms with E-state index in [-0.39, 0.29) is 11.9 Å². The minimum Gasteiger partial charge on any atom is -0.324 e. The number of anilines is 2. The molecule has 32 heavy (non-hydrogen) atoms. The summed E-state index contributed by atoms with van der Waals surface area (Å²) in [5, 5.41) is 10.1. The summed E-state index contributed by atoms with van der Waals surface area (Å²) in [5.41, 5.74) is 3.23. The molecule has 2 aliphatic rings. The van der Waals surface area contributed by atoms with Crippen molar-refractivity contribution in [1.82, 2.24) is 10.2 Å². The van der Waals surface area contributed by atoms with Gasteiger partial charge < -0.3 is 20.9 Å². The first-order valence-electron chi connectivity index (χ1n) is 11.5. The van der Waals surface area contributed by atoms with Crippen molar-refractivity contribution < 1.29 is 9.59 Å². The molecule has 6 nitrogen and oxygen atoms in total. The molecule has 3 amide bonds. The third kappa shape index (κ3) is 4.76. The number of rotatable bonds is 5. The lowest BCUT2D eigenvalue weighted by Gasteiger charge is -2.37. The summed E-state index contributed by atoms with van der Waals surface area (Å²) in [6.45, 7) is 4.54. The molecule has 7 heteroatoms. The number of nitrogens with one attached hydrogen (secondary N) is 3. The Morgan fingerprint density at radius 3 is 2.50 bits per heavy atom. The van der Waals surface area contributed by atoms with Crippen LogP contribution < -0.4 is 16.0 Å². The van der Waals surface area contributed by atoms with Crippen molar-refractivity contribution >= 4 is 34.9 Å². The molecule has 2 aromatic carbocycles. The first-order valence-corrected chi connectivity index (χ1v) is 11.9. The van der Waals surface area contributed by atoms with Gasteiger partial charge in [-0.1, -0.05) is 31.0 Å². The quantitative estimate of drug-likeness (QED) is 0.605. The first-order chi connectivity index (χ1) is 15.5. The van der Waals surface area contributed by atoms with Crippen LogP contribution in [0.3, 0.4) is 0 Å². The largest absolute Gasteiger partial charge is 0.324 e. The highest BCUT2D eigenvalue weighted by Crippen LogP contribution is 2.36. The molecule has 170 valence electrons. The Labute approximate surface area is 194 Å². The molecule has 0 radical (unpaired) electrons. The number of likely N-dealkylation sites (tertiary alicyclic amines) is 1. The molecule has 1 unspecified atom stereocenters. The highest BCUT2D eigenvalue weighted by Gasteiger charge is 2.49. The van der Waals surface area contributed by atoms with Crippen molar-refractivity contribution in [2.45, 2.75) is 51.0 Å². The number of carbonyl (C=O) groups is 2. The van der Waals surface area contributed by atoms with Crippen LogP contribution in [0.1, 0.15) is 43.7 Å². The number of nitrogens with zero attached hydrogens (tertiary/aromatic N) is 1. The van der Waals surface area contributed by atoms with E-state index in [4.69, 9.17) is 11.6 Å². The molecule has 0 aliphatic carbocycles. The molecular formula is C25H31ClN4O2. The Morgan fingerprint density at radius 1 is 1.03 bits per heavy atom. The van der Waals surface area contributed by atoms with Gasteiger partial charge in [-0.3, -0.25) is 4.79 Å². The zero-order valence-corrected chi connectivity index (χ0v) is 19.3. The maximum atomic E-state index is 13.6. The summed E-state index contributed by atoms with van der Waals surface area (Å²) in [4.78, 5) is 28.5. The summed E-state index contributed by atoms with van der Waals surface area (Å²) in [7, 11) is 0. The maximum Gasteiger partial charge on any atom is 0.322 e. The second-order valence-corrected chi connectivity index (χ2v) is 9.10. The van der Waals surface area contributed by atoms with Crippen molar-refractivity contribution in [3.05, 3.63) is 58.6 Å². The Hall–Kier alpha value is -2.57. The van der Waals surface area contributed by atoms with Gasteiger partial charge in [-0.15, -0.1) is 0 Å². The van der Waals surface area contributed by atoms with Crippen molar-refractivity contribution in [3.8, 4) is 0 Å². The van der Waals surface area contributed by atoms with E-state index < -0.39 is 5.54 Å². The molecule has 2 aliphatic heterocycles. The Morgan fingerprint density at radius 2 is 1.75 bits per heavy atom. The summed E-state index contributed by atoms with van der Waals surface area (Å²) < 4.78 is 0. The number of carbonyl (C=O) groups excluding carboxylic acids is 2. The Balaban J connectivity index is 1.53. The van der Waals surface area contributed by atoms with Crippen molar-refractivity contribution in [2.75, 3.05) is 30.3 Å². The number of halogens is 1. The fourth-order valence-electron chi connectivity index (χ4n) is 4.92. The highest BCUT2D eigenvalue weighted by atomic mass is 35.5. The average Bonchev–Trinajstić information content (AvgIpc) is 3.08. The minimum absolute atomic E-state index is 0.102. The van der Waals surface area contributed by atoms with E-state index in [0.29, 0.717) is 30.1 Å². The normalized spacial score (nSPS) is 20.4. The van der Waals surface area contributed by atoms with E-state index >= 15 is 0 Å². The van der Waals surface area contributed by atoms with Crippen LogP contribution in [0.4, 0.5) is 16.2 Å². The summed E-state index contributed by atoms with van der Waals surface area (Å²) >= 11 is 5.95. The van der Waals surface area contributed by atoms with E-state index in [9.17, 15) is 9.59 Å². The molecule has 3 N–H and O–H groups in total. The first kappa shape index (κ1) is 22.6. The molecule has 0 bridgehead atoms. The van der Waals surface area contributed by atoms with Crippen molar-refractivity contribution in [1.29, 1.82) is 0 Å². The van der Waals surface area contributed by atoms with Crippen LogP contribution in [-0.4, -0.2) is 42.0 Å². The van der Waals surface area contributed by atoms with E-state index in [1.54, 1.807) is 29.2 Å². The predicted molar refractivity (Wildman–Crippen MR) is 129 cm³/mol. The highest BCUT2D eigenvalue weighted by molar-refractivity contribution is 6.30. The molecule has 0 saturated carbocycles. The average molecular weight is 455 g/mol. The smallest absolute Gasteiger partial charge is 0.322 e. The van der Waals surface area contributed by atoms with Gasteiger partial charge in [0.25, 0.3) is 0 Å². The monoisotopic (exact) mass is 454 g/mol. The molecule has 0 aromatic heterocycles. The number of hydrogen-bond acceptors (Lipinski definition) is 3. The van der Waals surface area contributed by atoms with E-state index in [2.05, 4.69) is 35.0 Å². The maximum absolute atomic E-state index is 13.6. The lowest BCUT2D eigenvalue weighted by molar-refractivity contribution is -0.125. The van der Waals surface area contributed by atoms with Crippen LogP contribution in [0, 0.1) is 0 Å². The molecule has 1 atom stereocenters. The van der Waals surface area contributed by atoms with Gasteiger partial charge in [-0.05, 0) is 92.7 Å². The molecule has 1 fully saturated rings. The Bertz CT molecular complexity index is 978. The lowest BCUT2D eigenvalue weighted by Crippen LogP contribution is -2.56. The number of hydrogen-bond donors (Lipinski definition) is 3. The van der Waals surface area contributed by atoms with Crippen LogP contribution in [0.5, 0.6) is 0 Å². The number of amides is 3. The van der Waals surface area contributed by atoms with Gasteiger partial charge in [0.05, 0.1) is 0 Å². The zero-order valence-electron chi connectivity index (χ0n) is 18.5. The third-order valence-electron chi connectivity index (χ3n) is 6.52. The van der Waals surface area contributed by atoms with Crippen LogP contribution in [0.2, 0.25) is 5.02 Å². The summed E-state index contributed by atoms with van der Waals surface area (Å²) in [6, 6.07) is 12.9. The van der Waals surface area contributed by atoms with Gasteiger partial charge in [-0.2, -0.15) is 0 Å². The third-order valence-corrected chi connectivity index (χ3v) is 6.77. The van der Waals surface area contributed by atoms with Crippen LogP contribution in [0.15, 0.2) is 42.5 Å². The lowest BCUT2D eigenvalue weighted by atomic mass is 9.89. The fraction of sp³-hybridized carbons (Fsp3) is 0.440. The van der Waals surface area contributed by atoms with Crippen molar-refractivity contribution in [3.63, 3.8) is 0 Å².